The predicted molar refractivity (Wildman–Crippen MR) is 113 cm³/mol. The van der Waals surface area contributed by atoms with E-state index in [2.05, 4.69) is 109 Å². The van der Waals surface area contributed by atoms with E-state index in [1.54, 1.807) is 0 Å². The highest BCUT2D eigenvalue weighted by Gasteiger charge is 1.95. The lowest BCUT2D eigenvalue weighted by Gasteiger charge is -2.00. The summed E-state index contributed by atoms with van der Waals surface area (Å²) in [7, 11) is 0. The Morgan fingerprint density at radius 2 is 0.536 bits per heavy atom. The zero-order chi connectivity index (χ0) is 19.8. The molecule has 0 N–H and O–H groups in total. The summed E-state index contributed by atoms with van der Waals surface area (Å²) in [5.74, 6) is 0. The van der Waals surface area contributed by atoms with Crippen molar-refractivity contribution in [1.82, 2.24) is 0 Å². The molecule has 0 bridgehead atoms. The summed E-state index contributed by atoms with van der Waals surface area (Å²) in [6.07, 6.45) is 0. The van der Waals surface area contributed by atoms with Crippen LogP contribution in [0.4, 0.5) is 13.2 Å². The zero-order valence-corrected chi connectivity index (χ0v) is 15.1. The van der Waals surface area contributed by atoms with Gasteiger partial charge in [-0.3, -0.25) is 0 Å². The predicted octanol–water partition coefficient (Wildman–Crippen LogP) is 8.01. The first kappa shape index (κ1) is 19.4. The van der Waals surface area contributed by atoms with Crippen LogP contribution in [0.25, 0.3) is 32.3 Å². The highest BCUT2D eigenvalue weighted by molar-refractivity contribution is 5.98. The van der Waals surface area contributed by atoms with Gasteiger partial charge in [0.2, 0.25) is 0 Å². The van der Waals surface area contributed by atoms with Crippen molar-refractivity contribution in [2.24, 2.45) is 0 Å². The maximum atomic E-state index is 9.67. The van der Waals surface area contributed by atoms with Gasteiger partial charge < -0.3 is 0 Å². The molecule has 0 fully saturated rings. The maximum Gasteiger partial charge on any atom is 0.379 e. The quantitative estimate of drug-likeness (QED) is 0.240. The van der Waals surface area contributed by atoms with Gasteiger partial charge in [-0.15, -0.1) is 0 Å². The Morgan fingerprint density at radius 3 is 0.750 bits per heavy atom. The largest absolute Gasteiger partial charge is 0.379 e. The SMILES string of the molecule is FC(F)F.c1ccc2cc3ccccc3cc2c1.c1ccc2ccccc2c1. The van der Waals surface area contributed by atoms with Gasteiger partial charge >= 0.3 is 6.68 Å². The lowest BCUT2D eigenvalue weighted by molar-refractivity contribution is 0.00819. The Kier molecular flexibility index (Phi) is 6.64. The first-order valence-corrected chi connectivity index (χ1v) is 8.87. The number of halogens is 3. The highest BCUT2D eigenvalue weighted by Crippen LogP contribution is 2.22. The molecule has 0 saturated heterocycles. The van der Waals surface area contributed by atoms with Crippen molar-refractivity contribution in [3.05, 3.63) is 109 Å². The summed E-state index contributed by atoms with van der Waals surface area (Å²) in [6.45, 7) is -3.67. The average molecular weight is 376 g/mol. The Morgan fingerprint density at radius 1 is 0.357 bits per heavy atom. The molecule has 5 aromatic rings. The molecule has 0 unspecified atom stereocenters. The van der Waals surface area contributed by atoms with Crippen LogP contribution in [-0.4, -0.2) is 6.68 Å². The lowest BCUT2D eigenvalue weighted by Crippen LogP contribution is -1.74. The maximum absolute atomic E-state index is 9.67. The van der Waals surface area contributed by atoms with Gasteiger partial charge in [0.1, 0.15) is 0 Å². The fourth-order valence-corrected chi connectivity index (χ4v) is 3.02. The van der Waals surface area contributed by atoms with Crippen molar-refractivity contribution in [3.8, 4) is 0 Å². The third kappa shape index (κ3) is 5.34. The van der Waals surface area contributed by atoms with Gasteiger partial charge in [0.15, 0.2) is 0 Å². The minimum Gasteiger partial charge on any atom is -0.174 e. The first-order valence-electron chi connectivity index (χ1n) is 8.87. The van der Waals surface area contributed by atoms with Crippen LogP contribution in [0, 0.1) is 0 Å². The van der Waals surface area contributed by atoms with E-state index in [0.717, 1.165) is 0 Å². The Bertz CT molecular complexity index is 993. The van der Waals surface area contributed by atoms with Crippen LogP contribution in [0.5, 0.6) is 0 Å². The standard InChI is InChI=1S/C14H10.C10H8.CHF3/c1-2-6-12-10-14-8-4-3-7-13(14)9-11(12)5-1;1-2-6-10-8-4-3-7-9(10)5-1;2-1(3)4/h1-10H;1-8H;1H. The van der Waals surface area contributed by atoms with E-state index >= 15 is 0 Å². The van der Waals surface area contributed by atoms with Crippen molar-refractivity contribution in [2.45, 2.75) is 6.68 Å². The van der Waals surface area contributed by atoms with Gasteiger partial charge in [0.25, 0.3) is 0 Å². The van der Waals surface area contributed by atoms with E-state index in [0.29, 0.717) is 0 Å². The molecule has 0 saturated carbocycles. The van der Waals surface area contributed by atoms with E-state index in [-0.39, 0.29) is 0 Å². The molecule has 5 aromatic carbocycles. The van der Waals surface area contributed by atoms with Crippen LogP contribution in [0.2, 0.25) is 0 Å². The van der Waals surface area contributed by atoms with Crippen LogP contribution < -0.4 is 0 Å². The molecule has 0 aliphatic rings. The van der Waals surface area contributed by atoms with Crippen molar-refractivity contribution in [1.29, 1.82) is 0 Å². The third-order valence-electron chi connectivity index (χ3n) is 4.27. The number of fused-ring (bicyclic) bond motifs is 3. The van der Waals surface area contributed by atoms with E-state index in [1.165, 1.54) is 32.3 Å². The summed E-state index contributed by atoms with van der Waals surface area (Å²) in [5.41, 5.74) is 0. The monoisotopic (exact) mass is 376 g/mol. The van der Waals surface area contributed by atoms with Crippen molar-refractivity contribution < 1.29 is 13.2 Å². The second-order valence-electron chi connectivity index (χ2n) is 6.14. The summed E-state index contributed by atoms with van der Waals surface area (Å²) in [5, 5.41) is 7.87. The average Bonchev–Trinajstić information content (AvgIpc) is 2.72. The number of benzene rings is 5. The summed E-state index contributed by atoms with van der Waals surface area (Å²) < 4.78 is 29.0. The summed E-state index contributed by atoms with van der Waals surface area (Å²) in [4.78, 5) is 0. The molecular formula is C25H19F3. The zero-order valence-electron chi connectivity index (χ0n) is 15.1. The van der Waals surface area contributed by atoms with E-state index in [1.807, 2.05) is 0 Å². The lowest BCUT2D eigenvalue weighted by atomic mass is 10.0. The van der Waals surface area contributed by atoms with Crippen molar-refractivity contribution >= 4 is 32.3 Å². The molecule has 0 radical (unpaired) electrons. The molecule has 0 atom stereocenters. The second-order valence-corrected chi connectivity index (χ2v) is 6.14. The van der Waals surface area contributed by atoms with Crippen LogP contribution in [0.3, 0.4) is 0 Å². The minimum atomic E-state index is -3.67. The molecule has 0 nitrogen and oxygen atoms in total. The Hall–Kier alpha value is -3.33. The van der Waals surface area contributed by atoms with Gasteiger partial charge in [0.05, 0.1) is 0 Å². The summed E-state index contributed by atoms with van der Waals surface area (Å²) in [6, 6.07) is 38.1. The molecule has 0 spiro atoms. The normalized spacial score (nSPS) is 10.3. The molecular weight excluding hydrogens is 357 g/mol. The second kappa shape index (κ2) is 9.56. The fourth-order valence-electron chi connectivity index (χ4n) is 3.02. The van der Waals surface area contributed by atoms with Gasteiger partial charge in [0, 0.05) is 0 Å². The number of rotatable bonds is 0. The smallest absolute Gasteiger partial charge is 0.174 e. The highest BCUT2D eigenvalue weighted by atomic mass is 19.4. The van der Waals surface area contributed by atoms with Crippen LogP contribution >= 0.6 is 0 Å². The molecule has 140 valence electrons. The molecule has 28 heavy (non-hydrogen) atoms. The van der Waals surface area contributed by atoms with Gasteiger partial charge in [-0.1, -0.05) is 97.1 Å². The van der Waals surface area contributed by atoms with E-state index < -0.39 is 6.68 Å². The molecule has 0 aromatic heterocycles. The first-order chi connectivity index (χ1) is 13.6. The Balaban J connectivity index is 0.000000141. The minimum absolute atomic E-state index is 1.31. The molecule has 5 rings (SSSR count). The number of hydrogen-bond donors (Lipinski definition) is 0. The van der Waals surface area contributed by atoms with E-state index in [4.69, 9.17) is 0 Å². The third-order valence-corrected chi connectivity index (χ3v) is 4.27. The topological polar surface area (TPSA) is 0 Å². The van der Waals surface area contributed by atoms with Crippen molar-refractivity contribution in [3.63, 3.8) is 0 Å². The molecule has 0 amide bonds. The fraction of sp³-hybridized carbons (Fsp3) is 0.0400. The van der Waals surface area contributed by atoms with Crippen LogP contribution in [-0.2, 0) is 0 Å². The van der Waals surface area contributed by atoms with Crippen molar-refractivity contribution in [2.75, 3.05) is 0 Å². The van der Waals surface area contributed by atoms with Crippen LogP contribution in [0.1, 0.15) is 0 Å². The number of alkyl halides is 3. The van der Waals surface area contributed by atoms with Crippen LogP contribution in [0.15, 0.2) is 109 Å². The van der Waals surface area contributed by atoms with Gasteiger partial charge in [-0.2, -0.15) is 13.2 Å². The van der Waals surface area contributed by atoms with E-state index in [9.17, 15) is 13.2 Å². The molecule has 0 aliphatic carbocycles. The number of hydrogen-bond acceptors (Lipinski definition) is 0. The van der Waals surface area contributed by atoms with Gasteiger partial charge in [-0.05, 0) is 44.5 Å². The molecule has 3 heteroatoms. The van der Waals surface area contributed by atoms with Gasteiger partial charge in [-0.25, -0.2) is 0 Å². The summed E-state index contributed by atoms with van der Waals surface area (Å²) >= 11 is 0. The Labute approximate surface area is 161 Å². The molecule has 0 heterocycles. The molecule has 0 aliphatic heterocycles.